The molecule has 0 bridgehead atoms. The topological polar surface area (TPSA) is 53.7 Å². The second-order valence-electron chi connectivity index (χ2n) is 5.31. The van der Waals surface area contributed by atoms with E-state index in [2.05, 4.69) is 0 Å². The van der Waals surface area contributed by atoms with Crippen molar-refractivity contribution in [3.05, 3.63) is 23.8 Å². The Balaban J connectivity index is 2.41. The molecular weight excluding hydrogens is 242 g/mol. The van der Waals surface area contributed by atoms with E-state index in [9.17, 15) is 0 Å². The van der Waals surface area contributed by atoms with E-state index in [0.29, 0.717) is 32.1 Å². The zero-order chi connectivity index (χ0) is 14.3. The molecular formula is C15H25NO3. The van der Waals surface area contributed by atoms with Gasteiger partial charge in [0.25, 0.3) is 0 Å². The van der Waals surface area contributed by atoms with Crippen LogP contribution in [0.1, 0.15) is 33.3 Å². The number of nitrogen functional groups attached to an aromatic ring is 1. The molecule has 1 rings (SSSR count). The third-order valence-corrected chi connectivity index (χ3v) is 2.40. The third-order valence-electron chi connectivity index (χ3n) is 2.40. The summed E-state index contributed by atoms with van der Waals surface area (Å²) in [6, 6.07) is 5.59. The Kier molecular flexibility index (Phi) is 6.12. The second kappa shape index (κ2) is 7.36. The fourth-order valence-corrected chi connectivity index (χ4v) is 1.60. The normalized spacial score (nSPS) is 11.6. The van der Waals surface area contributed by atoms with Crippen LogP contribution in [-0.4, -0.2) is 25.4 Å². The van der Waals surface area contributed by atoms with Gasteiger partial charge in [0.1, 0.15) is 5.75 Å². The van der Waals surface area contributed by atoms with Crippen molar-refractivity contribution in [3.63, 3.8) is 0 Å². The fourth-order valence-electron chi connectivity index (χ4n) is 1.60. The van der Waals surface area contributed by atoms with Gasteiger partial charge in [0.15, 0.2) is 0 Å². The van der Waals surface area contributed by atoms with E-state index in [1.54, 1.807) is 0 Å². The minimum atomic E-state index is -0.128. The maximum atomic E-state index is 5.78. The Morgan fingerprint density at radius 3 is 2.53 bits per heavy atom. The molecule has 1 aromatic rings. The molecule has 0 atom stereocenters. The first-order valence-corrected chi connectivity index (χ1v) is 6.65. The van der Waals surface area contributed by atoms with Crippen molar-refractivity contribution in [1.29, 1.82) is 0 Å². The van der Waals surface area contributed by atoms with Crippen LogP contribution in [0.3, 0.4) is 0 Å². The highest BCUT2D eigenvalue weighted by atomic mass is 16.5. The van der Waals surface area contributed by atoms with E-state index in [1.165, 1.54) is 0 Å². The molecule has 0 saturated carbocycles. The Bertz CT molecular complexity index is 385. The first-order chi connectivity index (χ1) is 8.92. The van der Waals surface area contributed by atoms with Gasteiger partial charge in [-0.25, -0.2) is 0 Å². The highest BCUT2D eigenvalue weighted by molar-refractivity contribution is 5.47. The van der Waals surface area contributed by atoms with Crippen molar-refractivity contribution >= 4 is 5.69 Å². The zero-order valence-electron chi connectivity index (χ0n) is 12.4. The van der Waals surface area contributed by atoms with Gasteiger partial charge in [0.05, 0.1) is 32.0 Å². The van der Waals surface area contributed by atoms with Crippen LogP contribution >= 0.6 is 0 Å². The van der Waals surface area contributed by atoms with Crippen LogP contribution in [0.15, 0.2) is 18.2 Å². The Morgan fingerprint density at radius 2 is 1.89 bits per heavy atom. The van der Waals surface area contributed by atoms with Gasteiger partial charge in [-0.15, -0.1) is 0 Å². The molecule has 1 aromatic carbocycles. The van der Waals surface area contributed by atoms with E-state index in [4.69, 9.17) is 19.9 Å². The van der Waals surface area contributed by atoms with Crippen LogP contribution in [0.2, 0.25) is 0 Å². The van der Waals surface area contributed by atoms with E-state index >= 15 is 0 Å². The summed E-state index contributed by atoms with van der Waals surface area (Å²) in [4.78, 5) is 0. The molecule has 2 N–H and O–H groups in total. The first kappa shape index (κ1) is 15.8. The largest absolute Gasteiger partial charge is 0.494 e. The molecule has 108 valence electrons. The van der Waals surface area contributed by atoms with Gasteiger partial charge in [0.2, 0.25) is 0 Å². The maximum Gasteiger partial charge on any atom is 0.124 e. The molecule has 0 spiro atoms. The Labute approximate surface area is 115 Å². The summed E-state index contributed by atoms with van der Waals surface area (Å²) in [5, 5.41) is 0. The number of hydrogen-bond donors (Lipinski definition) is 1. The van der Waals surface area contributed by atoms with Crippen molar-refractivity contribution in [3.8, 4) is 5.75 Å². The number of anilines is 1. The molecule has 0 aliphatic rings. The quantitative estimate of drug-likeness (QED) is 0.609. The smallest absolute Gasteiger partial charge is 0.124 e. The van der Waals surface area contributed by atoms with Gasteiger partial charge >= 0.3 is 0 Å². The van der Waals surface area contributed by atoms with Crippen LogP contribution in [0.4, 0.5) is 5.69 Å². The predicted molar refractivity (Wildman–Crippen MR) is 77.4 cm³/mol. The summed E-state index contributed by atoms with van der Waals surface area (Å²) in [5.74, 6) is 0.827. The first-order valence-electron chi connectivity index (χ1n) is 6.65. The second-order valence-corrected chi connectivity index (χ2v) is 5.31. The van der Waals surface area contributed by atoms with E-state index < -0.39 is 0 Å². The molecule has 0 aliphatic heterocycles. The predicted octanol–water partition coefficient (Wildman–Crippen LogP) is 3.00. The molecule has 0 unspecified atom stereocenters. The molecule has 0 aromatic heterocycles. The molecule has 0 heterocycles. The minimum Gasteiger partial charge on any atom is -0.494 e. The van der Waals surface area contributed by atoms with E-state index in [-0.39, 0.29) is 5.60 Å². The average Bonchev–Trinajstić information content (AvgIpc) is 2.30. The number of hydrogen-bond acceptors (Lipinski definition) is 4. The van der Waals surface area contributed by atoms with Gasteiger partial charge in [-0.3, -0.25) is 0 Å². The lowest BCUT2D eigenvalue weighted by Crippen LogP contribution is -2.21. The Hall–Kier alpha value is -1.26. The van der Waals surface area contributed by atoms with Crippen molar-refractivity contribution in [2.24, 2.45) is 0 Å². The van der Waals surface area contributed by atoms with Crippen molar-refractivity contribution in [2.75, 3.05) is 25.6 Å². The van der Waals surface area contributed by atoms with Gasteiger partial charge < -0.3 is 19.9 Å². The molecule has 0 fully saturated rings. The number of rotatable bonds is 7. The van der Waals surface area contributed by atoms with Gasteiger partial charge in [-0.05, 0) is 45.9 Å². The maximum absolute atomic E-state index is 5.78. The SMILES string of the molecule is CCOc1ccc(N)cc1COCCOC(C)(C)C. The molecule has 4 heteroatoms. The number of benzene rings is 1. The molecule has 4 nitrogen and oxygen atoms in total. The van der Waals surface area contributed by atoms with Gasteiger partial charge in [0, 0.05) is 11.3 Å². The highest BCUT2D eigenvalue weighted by Crippen LogP contribution is 2.22. The van der Waals surface area contributed by atoms with E-state index in [1.807, 2.05) is 45.9 Å². The third kappa shape index (κ3) is 6.45. The van der Waals surface area contributed by atoms with Crippen LogP contribution in [0.25, 0.3) is 0 Å². The molecule has 0 aliphatic carbocycles. The summed E-state index contributed by atoms with van der Waals surface area (Å²) >= 11 is 0. The summed E-state index contributed by atoms with van der Waals surface area (Å²) in [5.41, 5.74) is 7.33. The molecule has 19 heavy (non-hydrogen) atoms. The van der Waals surface area contributed by atoms with Gasteiger partial charge in [-0.2, -0.15) is 0 Å². The lowest BCUT2D eigenvalue weighted by atomic mass is 10.2. The monoisotopic (exact) mass is 267 g/mol. The van der Waals surface area contributed by atoms with Crippen LogP contribution < -0.4 is 10.5 Å². The van der Waals surface area contributed by atoms with Crippen molar-refractivity contribution in [1.82, 2.24) is 0 Å². The van der Waals surface area contributed by atoms with Crippen LogP contribution in [0, 0.1) is 0 Å². The van der Waals surface area contributed by atoms with Gasteiger partial charge in [-0.1, -0.05) is 0 Å². The number of ether oxygens (including phenoxy) is 3. The minimum absolute atomic E-state index is 0.128. The Morgan fingerprint density at radius 1 is 1.16 bits per heavy atom. The lowest BCUT2D eigenvalue weighted by Gasteiger charge is -2.19. The van der Waals surface area contributed by atoms with Crippen LogP contribution in [0.5, 0.6) is 5.75 Å². The summed E-state index contributed by atoms with van der Waals surface area (Å²) in [6.07, 6.45) is 0. The standard InChI is InChI=1S/C15H25NO3/c1-5-18-14-7-6-13(16)10-12(14)11-17-8-9-19-15(2,3)4/h6-7,10H,5,8-9,11,16H2,1-4H3. The van der Waals surface area contributed by atoms with Crippen molar-refractivity contribution in [2.45, 2.75) is 39.9 Å². The zero-order valence-corrected chi connectivity index (χ0v) is 12.4. The molecule has 0 amide bonds. The van der Waals surface area contributed by atoms with E-state index in [0.717, 1.165) is 11.3 Å². The average molecular weight is 267 g/mol. The summed E-state index contributed by atoms with van der Waals surface area (Å²) < 4.78 is 16.7. The fraction of sp³-hybridized carbons (Fsp3) is 0.600. The molecule has 0 saturated heterocycles. The van der Waals surface area contributed by atoms with Crippen LogP contribution in [-0.2, 0) is 16.1 Å². The molecule has 0 radical (unpaired) electrons. The summed E-state index contributed by atoms with van der Waals surface area (Å²) in [6.45, 7) is 10.3. The lowest BCUT2D eigenvalue weighted by molar-refractivity contribution is -0.0378. The van der Waals surface area contributed by atoms with Crippen molar-refractivity contribution < 1.29 is 14.2 Å². The summed E-state index contributed by atoms with van der Waals surface area (Å²) in [7, 11) is 0. The number of nitrogens with two attached hydrogens (primary N) is 1. The highest BCUT2D eigenvalue weighted by Gasteiger charge is 2.09.